The molecule has 2 aliphatic heterocycles. The van der Waals surface area contributed by atoms with Gasteiger partial charge in [0.1, 0.15) is 5.75 Å². The summed E-state index contributed by atoms with van der Waals surface area (Å²) in [6.07, 6.45) is 2.53. The van der Waals surface area contributed by atoms with Crippen molar-refractivity contribution >= 4 is 5.69 Å². The molecule has 0 aromatic heterocycles. The second-order valence-electron chi connectivity index (χ2n) is 7.04. The number of rotatable bonds is 2. The maximum absolute atomic E-state index is 6.23. The Kier molecular flexibility index (Phi) is 3.97. The van der Waals surface area contributed by atoms with Gasteiger partial charge in [0.05, 0.1) is 19.3 Å². The zero-order valence-corrected chi connectivity index (χ0v) is 14.6. The fraction of sp³-hybridized carbons (Fsp3) is 0.429. The highest BCUT2D eigenvalue weighted by molar-refractivity contribution is 5.58. The minimum absolute atomic E-state index is 0.197. The average Bonchev–Trinajstić information content (AvgIpc) is 2.61. The molecule has 1 saturated heterocycles. The van der Waals surface area contributed by atoms with Crippen LogP contribution in [0.5, 0.6) is 5.75 Å². The van der Waals surface area contributed by atoms with Gasteiger partial charge in [-0.05, 0) is 49.9 Å². The summed E-state index contributed by atoms with van der Waals surface area (Å²) < 4.78 is 11.6. The molecule has 24 heavy (non-hydrogen) atoms. The highest BCUT2D eigenvalue weighted by atomic mass is 16.5. The normalized spacial score (nSPS) is 25.4. The lowest BCUT2D eigenvalue weighted by Crippen LogP contribution is -2.36. The molecular weight excluding hydrogens is 298 g/mol. The van der Waals surface area contributed by atoms with E-state index in [9.17, 15) is 0 Å². The van der Waals surface area contributed by atoms with Gasteiger partial charge in [0.15, 0.2) is 0 Å². The number of aryl methyl sites for hydroxylation is 2. The Labute approximate surface area is 144 Å². The van der Waals surface area contributed by atoms with E-state index in [1.165, 1.54) is 34.4 Å². The molecule has 3 nitrogen and oxygen atoms in total. The van der Waals surface area contributed by atoms with Crippen LogP contribution in [0, 0.1) is 19.8 Å². The van der Waals surface area contributed by atoms with Gasteiger partial charge in [-0.25, -0.2) is 0 Å². The first-order chi connectivity index (χ1) is 11.7. The van der Waals surface area contributed by atoms with Gasteiger partial charge in [-0.3, -0.25) is 0 Å². The Hall–Kier alpha value is -2.00. The Morgan fingerprint density at radius 1 is 1.12 bits per heavy atom. The first kappa shape index (κ1) is 15.5. The molecule has 0 aliphatic carbocycles. The molecule has 3 heteroatoms. The summed E-state index contributed by atoms with van der Waals surface area (Å²) >= 11 is 0. The maximum Gasteiger partial charge on any atom is 0.121 e. The van der Waals surface area contributed by atoms with E-state index in [0.29, 0.717) is 5.92 Å². The van der Waals surface area contributed by atoms with Crippen molar-refractivity contribution in [2.45, 2.75) is 38.8 Å². The van der Waals surface area contributed by atoms with Gasteiger partial charge < -0.3 is 14.8 Å². The van der Waals surface area contributed by atoms with Crippen LogP contribution in [0.4, 0.5) is 5.69 Å². The lowest BCUT2D eigenvalue weighted by Gasteiger charge is -2.43. The van der Waals surface area contributed by atoms with Crippen LogP contribution in [-0.2, 0) is 4.74 Å². The van der Waals surface area contributed by atoms with E-state index in [1.54, 1.807) is 7.11 Å². The molecule has 2 aromatic carbocycles. The van der Waals surface area contributed by atoms with E-state index < -0.39 is 0 Å². The van der Waals surface area contributed by atoms with E-state index in [0.717, 1.165) is 18.8 Å². The summed E-state index contributed by atoms with van der Waals surface area (Å²) in [6.45, 7) is 5.12. The van der Waals surface area contributed by atoms with Gasteiger partial charge in [0.25, 0.3) is 0 Å². The third-order valence-electron chi connectivity index (χ3n) is 5.40. The minimum atomic E-state index is 0.197. The van der Waals surface area contributed by atoms with E-state index in [1.807, 2.05) is 0 Å². The third-order valence-corrected chi connectivity index (χ3v) is 5.40. The molecule has 0 amide bonds. The number of fused-ring (bicyclic) bond motifs is 3. The van der Waals surface area contributed by atoms with Crippen molar-refractivity contribution < 1.29 is 9.47 Å². The molecule has 1 N–H and O–H groups in total. The highest BCUT2D eigenvalue weighted by Crippen LogP contribution is 2.49. The van der Waals surface area contributed by atoms with Crippen molar-refractivity contribution in [1.29, 1.82) is 0 Å². The molecule has 0 unspecified atom stereocenters. The number of anilines is 1. The fourth-order valence-corrected chi connectivity index (χ4v) is 4.22. The second kappa shape index (κ2) is 6.14. The Balaban J connectivity index is 1.76. The predicted molar refractivity (Wildman–Crippen MR) is 96.7 cm³/mol. The van der Waals surface area contributed by atoms with Crippen molar-refractivity contribution in [1.82, 2.24) is 0 Å². The SMILES string of the molecule is COc1ccc([C@@H]2Nc3ccc(C)cc3[C@H]3OCCC[C@H]32)cc1C. The predicted octanol–water partition coefficient (Wildman–Crippen LogP) is 4.95. The number of methoxy groups -OCH3 is 1. The standard InChI is InChI=1S/C21H25NO2/c1-13-6-8-18-17(11-13)21-16(5-4-10-24-21)20(22-18)15-7-9-19(23-3)14(2)12-15/h6-9,11-12,16,20-22H,4-5,10H2,1-3H3/t16-,20-,21-/m0/s1. The summed E-state index contributed by atoms with van der Waals surface area (Å²) in [7, 11) is 1.73. The number of hydrogen-bond acceptors (Lipinski definition) is 3. The van der Waals surface area contributed by atoms with E-state index in [2.05, 4.69) is 55.6 Å². The number of nitrogens with one attached hydrogen (secondary N) is 1. The van der Waals surface area contributed by atoms with Crippen LogP contribution in [-0.4, -0.2) is 13.7 Å². The van der Waals surface area contributed by atoms with Gasteiger partial charge in [0.2, 0.25) is 0 Å². The molecule has 1 fully saturated rings. The van der Waals surface area contributed by atoms with E-state index in [4.69, 9.17) is 9.47 Å². The third kappa shape index (κ3) is 2.57. The van der Waals surface area contributed by atoms with Crippen molar-refractivity contribution in [3.05, 3.63) is 58.7 Å². The molecule has 2 aliphatic rings. The molecule has 2 aromatic rings. The molecule has 126 valence electrons. The van der Waals surface area contributed by atoms with Crippen molar-refractivity contribution in [2.75, 3.05) is 19.0 Å². The van der Waals surface area contributed by atoms with Crippen molar-refractivity contribution in [2.24, 2.45) is 5.92 Å². The fourth-order valence-electron chi connectivity index (χ4n) is 4.22. The molecule has 2 heterocycles. The topological polar surface area (TPSA) is 30.5 Å². The van der Waals surface area contributed by atoms with Gasteiger partial charge in [-0.2, -0.15) is 0 Å². The lowest BCUT2D eigenvalue weighted by molar-refractivity contribution is -0.0381. The Morgan fingerprint density at radius 3 is 2.79 bits per heavy atom. The van der Waals surface area contributed by atoms with Crippen LogP contribution in [0.15, 0.2) is 36.4 Å². The summed E-state index contributed by atoms with van der Waals surface area (Å²) in [6, 6.07) is 13.5. The minimum Gasteiger partial charge on any atom is -0.496 e. The molecular formula is C21H25NO2. The first-order valence-corrected chi connectivity index (χ1v) is 8.80. The number of ether oxygens (including phenoxy) is 2. The van der Waals surface area contributed by atoms with E-state index >= 15 is 0 Å². The second-order valence-corrected chi connectivity index (χ2v) is 7.04. The molecule has 0 bridgehead atoms. The molecule has 4 rings (SSSR count). The van der Waals surface area contributed by atoms with Crippen LogP contribution in [0.1, 0.15) is 47.2 Å². The van der Waals surface area contributed by atoms with E-state index in [-0.39, 0.29) is 12.1 Å². The Morgan fingerprint density at radius 2 is 2.00 bits per heavy atom. The molecule has 3 atom stereocenters. The van der Waals surface area contributed by atoms with Crippen molar-refractivity contribution in [3.8, 4) is 5.75 Å². The van der Waals surface area contributed by atoms with Crippen molar-refractivity contribution in [3.63, 3.8) is 0 Å². The van der Waals surface area contributed by atoms with Crippen LogP contribution >= 0.6 is 0 Å². The monoisotopic (exact) mass is 323 g/mol. The summed E-state index contributed by atoms with van der Waals surface area (Å²) in [5.41, 5.74) is 6.32. The highest BCUT2D eigenvalue weighted by Gasteiger charge is 2.39. The zero-order valence-electron chi connectivity index (χ0n) is 14.6. The maximum atomic E-state index is 6.23. The van der Waals surface area contributed by atoms with Crippen LogP contribution < -0.4 is 10.1 Å². The Bertz CT molecular complexity index is 755. The average molecular weight is 323 g/mol. The molecule has 0 spiro atoms. The van der Waals surface area contributed by atoms with Gasteiger partial charge in [0, 0.05) is 23.8 Å². The number of hydrogen-bond donors (Lipinski definition) is 1. The van der Waals surface area contributed by atoms with Gasteiger partial charge in [-0.1, -0.05) is 29.8 Å². The molecule has 0 radical (unpaired) electrons. The quantitative estimate of drug-likeness (QED) is 0.848. The summed E-state index contributed by atoms with van der Waals surface area (Å²) in [4.78, 5) is 0. The molecule has 0 saturated carbocycles. The summed E-state index contributed by atoms with van der Waals surface area (Å²) in [5, 5.41) is 3.78. The smallest absolute Gasteiger partial charge is 0.121 e. The zero-order chi connectivity index (χ0) is 16.7. The lowest BCUT2D eigenvalue weighted by atomic mass is 9.77. The first-order valence-electron chi connectivity index (χ1n) is 8.80. The van der Waals surface area contributed by atoms with Gasteiger partial charge >= 0.3 is 0 Å². The van der Waals surface area contributed by atoms with Crippen LogP contribution in [0.25, 0.3) is 0 Å². The van der Waals surface area contributed by atoms with Crippen LogP contribution in [0.3, 0.4) is 0 Å². The summed E-state index contributed by atoms with van der Waals surface area (Å²) in [5.74, 6) is 1.42. The van der Waals surface area contributed by atoms with Gasteiger partial charge in [-0.15, -0.1) is 0 Å². The van der Waals surface area contributed by atoms with Crippen LogP contribution in [0.2, 0.25) is 0 Å². The largest absolute Gasteiger partial charge is 0.496 e. The number of benzene rings is 2.